The van der Waals surface area contributed by atoms with Crippen LogP contribution >= 0.6 is 34.8 Å². The summed E-state index contributed by atoms with van der Waals surface area (Å²) >= 11 is 18.2. The lowest BCUT2D eigenvalue weighted by Crippen LogP contribution is -2.42. The maximum Gasteiger partial charge on any atom is 0.0785 e. The Morgan fingerprint density at radius 2 is 1.68 bits per heavy atom. The second kappa shape index (κ2) is 6.31. The third kappa shape index (κ3) is 3.54. The minimum Gasteiger partial charge on any atom is -0.303 e. The first-order chi connectivity index (χ1) is 8.99. The predicted molar refractivity (Wildman–Crippen MR) is 82.8 cm³/mol. The van der Waals surface area contributed by atoms with Gasteiger partial charge in [0.1, 0.15) is 0 Å². The highest BCUT2D eigenvalue weighted by molar-refractivity contribution is 6.49. The minimum absolute atomic E-state index is 0.383. The van der Waals surface area contributed by atoms with Gasteiger partial charge in [0.25, 0.3) is 0 Å². The molecule has 0 atom stereocenters. The quantitative estimate of drug-likeness (QED) is 0.612. The van der Waals surface area contributed by atoms with Gasteiger partial charge in [0.2, 0.25) is 0 Å². The topological polar surface area (TPSA) is 18.8 Å². The number of hydrogen-bond donors (Lipinski definition) is 0. The number of benzene rings is 1. The Morgan fingerprint density at radius 1 is 1.05 bits per heavy atom. The number of halogens is 3. The van der Waals surface area contributed by atoms with Gasteiger partial charge in [0, 0.05) is 31.7 Å². The van der Waals surface area contributed by atoms with Crippen LogP contribution in [0.15, 0.2) is 17.2 Å². The van der Waals surface area contributed by atoms with Crippen LogP contribution in [0.5, 0.6) is 0 Å². The monoisotopic (exact) mass is 319 g/mol. The molecule has 19 heavy (non-hydrogen) atoms. The van der Waals surface area contributed by atoms with Crippen molar-refractivity contribution >= 4 is 40.5 Å². The van der Waals surface area contributed by atoms with Crippen molar-refractivity contribution in [2.24, 2.45) is 5.10 Å². The smallest absolute Gasteiger partial charge is 0.0785 e. The summed E-state index contributed by atoms with van der Waals surface area (Å²) in [7, 11) is 2.11. The summed E-state index contributed by atoms with van der Waals surface area (Å²) in [6, 6.07) is 3.60. The molecule has 104 valence electrons. The molecule has 0 bridgehead atoms. The average Bonchev–Trinajstić information content (AvgIpc) is 2.39. The van der Waals surface area contributed by atoms with Crippen LogP contribution in [0.1, 0.15) is 12.5 Å². The lowest BCUT2D eigenvalue weighted by molar-refractivity contribution is 0.159. The number of nitrogens with zero attached hydrogens (tertiary/aromatic N) is 3. The zero-order valence-electron chi connectivity index (χ0n) is 11.0. The third-order valence-corrected chi connectivity index (χ3v) is 4.49. The molecule has 0 N–H and O–H groups in total. The van der Waals surface area contributed by atoms with Crippen LogP contribution in [0.3, 0.4) is 0 Å². The molecular weight excluding hydrogens is 305 g/mol. The van der Waals surface area contributed by atoms with E-state index in [0.29, 0.717) is 15.1 Å². The average molecular weight is 321 g/mol. The van der Waals surface area contributed by atoms with Gasteiger partial charge >= 0.3 is 0 Å². The fourth-order valence-electron chi connectivity index (χ4n) is 1.97. The molecule has 1 heterocycles. The third-order valence-electron chi connectivity index (χ3n) is 3.20. The van der Waals surface area contributed by atoms with Crippen LogP contribution in [-0.2, 0) is 0 Å². The number of hydrazone groups is 1. The molecule has 1 saturated heterocycles. The van der Waals surface area contributed by atoms with Gasteiger partial charge in [-0.15, -0.1) is 0 Å². The number of likely N-dealkylation sites (N-methyl/N-ethyl adjacent to an activating group) is 1. The van der Waals surface area contributed by atoms with Gasteiger partial charge in [-0.2, -0.15) is 5.10 Å². The van der Waals surface area contributed by atoms with Crippen molar-refractivity contribution < 1.29 is 0 Å². The van der Waals surface area contributed by atoms with Crippen molar-refractivity contribution in [1.29, 1.82) is 0 Å². The summed E-state index contributed by atoms with van der Waals surface area (Å²) in [5.41, 5.74) is 1.68. The number of hydrogen-bond acceptors (Lipinski definition) is 3. The van der Waals surface area contributed by atoms with E-state index in [1.165, 1.54) is 0 Å². The Kier molecular flexibility index (Phi) is 4.96. The molecule has 2 rings (SSSR count). The zero-order chi connectivity index (χ0) is 14.0. The molecule has 3 nitrogen and oxygen atoms in total. The molecule has 0 spiro atoms. The van der Waals surface area contributed by atoms with Crippen LogP contribution in [0.2, 0.25) is 15.1 Å². The molecule has 1 aliphatic heterocycles. The Hall–Kier alpha value is -0.480. The molecule has 0 aromatic heterocycles. The van der Waals surface area contributed by atoms with Gasteiger partial charge in [-0.3, -0.25) is 5.01 Å². The van der Waals surface area contributed by atoms with E-state index < -0.39 is 0 Å². The van der Waals surface area contributed by atoms with Gasteiger partial charge < -0.3 is 4.90 Å². The van der Waals surface area contributed by atoms with Crippen molar-refractivity contribution in [3.63, 3.8) is 0 Å². The summed E-state index contributed by atoms with van der Waals surface area (Å²) < 4.78 is 0. The van der Waals surface area contributed by atoms with E-state index in [1.54, 1.807) is 6.07 Å². The van der Waals surface area contributed by atoms with E-state index in [-0.39, 0.29) is 0 Å². The minimum atomic E-state index is 0.383. The Bertz CT molecular complexity index is 494. The molecule has 0 amide bonds. The Labute approximate surface area is 128 Å². The van der Waals surface area contributed by atoms with Gasteiger partial charge in [0.15, 0.2) is 0 Å². The Balaban J connectivity index is 2.19. The maximum atomic E-state index is 6.21. The van der Waals surface area contributed by atoms with Crippen molar-refractivity contribution in [2.45, 2.75) is 6.92 Å². The van der Waals surface area contributed by atoms with Crippen LogP contribution in [0.25, 0.3) is 0 Å². The van der Waals surface area contributed by atoms with E-state index in [2.05, 4.69) is 22.1 Å². The van der Waals surface area contributed by atoms with E-state index in [9.17, 15) is 0 Å². The standard InChI is InChI=1S/C13H16Cl3N3/c1-9(17-19-7-5-18(2)6-8-19)10-3-4-11(14)13(16)12(10)15/h3-4H,5-8H2,1-2H3/b17-9+. The molecule has 0 aliphatic carbocycles. The van der Waals surface area contributed by atoms with Gasteiger partial charge in [-0.05, 0) is 20.0 Å². The predicted octanol–water partition coefficient (Wildman–Crippen LogP) is 3.62. The van der Waals surface area contributed by atoms with Crippen molar-refractivity contribution in [3.8, 4) is 0 Å². The van der Waals surface area contributed by atoms with Crippen LogP contribution in [0.4, 0.5) is 0 Å². The fraction of sp³-hybridized carbons (Fsp3) is 0.462. The number of piperazine rings is 1. The molecule has 1 fully saturated rings. The van der Waals surface area contributed by atoms with E-state index in [4.69, 9.17) is 34.8 Å². The van der Waals surface area contributed by atoms with Crippen molar-refractivity contribution in [1.82, 2.24) is 9.91 Å². The molecule has 0 saturated carbocycles. The SMILES string of the molecule is C/C(=N\N1CCN(C)CC1)c1ccc(Cl)c(Cl)c1Cl. The summed E-state index contributed by atoms with van der Waals surface area (Å²) in [6.45, 7) is 5.82. The van der Waals surface area contributed by atoms with E-state index in [0.717, 1.165) is 37.5 Å². The van der Waals surface area contributed by atoms with E-state index >= 15 is 0 Å². The molecule has 1 aromatic rings. The zero-order valence-corrected chi connectivity index (χ0v) is 13.2. The van der Waals surface area contributed by atoms with Gasteiger partial charge in [-0.25, -0.2) is 0 Å². The van der Waals surface area contributed by atoms with Gasteiger partial charge in [-0.1, -0.05) is 40.9 Å². The summed E-state index contributed by atoms with van der Waals surface area (Å²) in [4.78, 5) is 2.29. The lowest BCUT2D eigenvalue weighted by Gasteiger charge is -2.30. The second-order valence-corrected chi connectivity index (χ2v) is 5.83. The summed E-state index contributed by atoms with van der Waals surface area (Å²) in [5, 5.41) is 7.98. The van der Waals surface area contributed by atoms with Gasteiger partial charge in [0.05, 0.1) is 20.8 Å². The van der Waals surface area contributed by atoms with Crippen molar-refractivity contribution in [2.75, 3.05) is 33.2 Å². The summed E-state index contributed by atoms with van der Waals surface area (Å²) in [6.07, 6.45) is 0. The molecular formula is C13H16Cl3N3. The molecule has 0 unspecified atom stereocenters. The van der Waals surface area contributed by atoms with Crippen molar-refractivity contribution in [3.05, 3.63) is 32.8 Å². The fourth-order valence-corrected chi connectivity index (χ4v) is 2.64. The molecule has 6 heteroatoms. The summed E-state index contributed by atoms with van der Waals surface area (Å²) in [5.74, 6) is 0. The highest BCUT2D eigenvalue weighted by atomic mass is 35.5. The maximum absolute atomic E-state index is 6.21. The van der Waals surface area contributed by atoms with Crippen LogP contribution < -0.4 is 0 Å². The highest BCUT2D eigenvalue weighted by Crippen LogP contribution is 2.33. The van der Waals surface area contributed by atoms with Crippen LogP contribution in [-0.4, -0.2) is 48.8 Å². The first kappa shape index (κ1) is 14.9. The molecule has 0 radical (unpaired) electrons. The molecule has 1 aromatic carbocycles. The lowest BCUT2D eigenvalue weighted by atomic mass is 10.1. The highest BCUT2D eigenvalue weighted by Gasteiger charge is 2.14. The first-order valence-corrected chi connectivity index (χ1v) is 7.25. The molecule has 1 aliphatic rings. The normalized spacial score (nSPS) is 17.9. The van der Waals surface area contributed by atoms with E-state index in [1.807, 2.05) is 13.0 Å². The number of rotatable bonds is 2. The largest absolute Gasteiger partial charge is 0.303 e. The van der Waals surface area contributed by atoms with Crippen LogP contribution in [0, 0.1) is 0 Å². The second-order valence-electron chi connectivity index (χ2n) is 4.67. The first-order valence-electron chi connectivity index (χ1n) is 6.11. The Morgan fingerprint density at radius 3 is 2.32 bits per heavy atom.